The van der Waals surface area contributed by atoms with Crippen molar-refractivity contribution in [2.24, 2.45) is 0 Å². The molecule has 0 amide bonds. The fourth-order valence-electron chi connectivity index (χ4n) is 2.51. The van der Waals surface area contributed by atoms with E-state index in [-0.39, 0.29) is 17.8 Å². The molecular formula is C13H17F3N2. The molecule has 1 heterocycles. The Morgan fingerprint density at radius 3 is 2.22 bits per heavy atom. The third-order valence-corrected chi connectivity index (χ3v) is 3.11. The fraction of sp³-hybridized carbons (Fsp3) is 0.538. The first-order valence-corrected chi connectivity index (χ1v) is 6.05. The molecule has 0 aliphatic carbocycles. The van der Waals surface area contributed by atoms with Crippen LogP contribution in [0.15, 0.2) is 24.3 Å². The van der Waals surface area contributed by atoms with Crippen LogP contribution in [0, 0.1) is 0 Å². The van der Waals surface area contributed by atoms with E-state index < -0.39 is 11.7 Å². The Balaban J connectivity index is 2.33. The van der Waals surface area contributed by atoms with E-state index in [1.807, 2.05) is 18.7 Å². The Labute approximate surface area is 105 Å². The lowest BCUT2D eigenvalue weighted by Crippen LogP contribution is -2.54. The molecule has 1 fully saturated rings. The van der Waals surface area contributed by atoms with Crippen molar-refractivity contribution in [1.82, 2.24) is 5.32 Å². The summed E-state index contributed by atoms with van der Waals surface area (Å²) in [5.74, 6) is 0. The first-order chi connectivity index (χ1) is 8.38. The smallest absolute Gasteiger partial charge is 0.368 e. The monoisotopic (exact) mass is 258 g/mol. The molecule has 0 spiro atoms. The van der Waals surface area contributed by atoms with E-state index in [1.54, 1.807) is 12.1 Å². The van der Waals surface area contributed by atoms with Crippen molar-refractivity contribution in [2.75, 3.05) is 18.0 Å². The molecule has 1 saturated heterocycles. The second-order valence-corrected chi connectivity index (χ2v) is 4.89. The third kappa shape index (κ3) is 2.77. The number of alkyl halides is 3. The summed E-state index contributed by atoms with van der Waals surface area (Å²) in [5.41, 5.74) is -0.267. The highest BCUT2D eigenvalue weighted by atomic mass is 19.4. The maximum atomic E-state index is 13.0. The Kier molecular flexibility index (Phi) is 3.52. The number of piperazine rings is 1. The van der Waals surface area contributed by atoms with E-state index in [2.05, 4.69) is 5.32 Å². The molecule has 0 saturated carbocycles. The Hall–Kier alpha value is -1.23. The van der Waals surface area contributed by atoms with E-state index in [0.717, 1.165) is 6.07 Å². The lowest BCUT2D eigenvalue weighted by atomic mass is 10.1. The van der Waals surface area contributed by atoms with Gasteiger partial charge in [0.15, 0.2) is 0 Å². The lowest BCUT2D eigenvalue weighted by Gasteiger charge is -2.38. The van der Waals surface area contributed by atoms with E-state index >= 15 is 0 Å². The molecule has 1 aliphatic rings. The zero-order valence-electron chi connectivity index (χ0n) is 10.5. The van der Waals surface area contributed by atoms with Crippen LogP contribution in [-0.4, -0.2) is 25.2 Å². The second-order valence-electron chi connectivity index (χ2n) is 4.89. The minimum Gasteiger partial charge on any atom is -0.368 e. The van der Waals surface area contributed by atoms with Crippen LogP contribution >= 0.6 is 0 Å². The first kappa shape index (κ1) is 13.2. The van der Waals surface area contributed by atoms with E-state index in [4.69, 9.17) is 0 Å². The predicted octanol–water partition coefficient (Wildman–Crippen LogP) is 2.89. The first-order valence-electron chi connectivity index (χ1n) is 6.05. The van der Waals surface area contributed by atoms with E-state index in [0.29, 0.717) is 13.1 Å². The highest BCUT2D eigenvalue weighted by Crippen LogP contribution is 2.36. The number of para-hydroxylation sites is 1. The minimum atomic E-state index is -4.30. The average Bonchev–Trinajstić information content (AvgIpc) is 2.26. The number of benzene rings is 1. The van der Waals surface area contributed by atoms with E-state index in [1.165, 1.54) is 6.07 Å². The van der Waals surface area contributed by atoms with Gasteiger partial charge in [0.05, 0.1) is 5.56 Å². The number of nitrogens with one attached hydrogen (secondary N) is 1. The van der Waals surface area contributed by atoms with Gasteiger partial charge in [0.2, 0.25) is 0 Å². The molecule has 100 valence electrons. The van der Waals surface area contributed by atoms with Crippen molar-refractivity contribution in [3.63, 3.8) is 0 Å². The van der Waals surface area contributed by atoms with Gasteiger partial charge in [-0.25, -0.2) is 0 Å². The Morgan fingerprint density at radius 1 is 1.11 bits per heavy atom. The molecule has 2 rings (SSSR count). The van der Waals surface area contributed by atoms with Crippen LogP contribution in [0.5, 0.6) is 0 Å². The van der Waals surface area contributed by atoms with Crippen molar-refractivity contribution in [3.05, 3.63) is 29.8 Å². The highest BCUT2D eigenvalue weighted by Gasteiger charge is 2.35. The molecule has 0 unspecified atom stereocenters. The SMILES string of the molecule is C[C@@H]1CN(c2ccccc2C(F)(F)F)C[C@@H](C)N1. The summed E-state index contributed by atoms with van der Waals surface area (Å²) in [6, 6.07) is 6.16. The van der Waals surface area contributed by atoms with Crippen molar-refractivity contribution in [1.29, 1.82) is 0 Å². The molecule has 2 nitrogen and oxygen atoms in total. The summed E-state index contributed by atoms with van der Waals surface area (Å²) in [5, 5.41) is 3.31. The van der Waals surface area contributed by atoms with Gasteiger partial charge in [0.25, 0.3) is 0 Å². The molecule has 1 N–H and O–H groups in total. The molecule has 0 bridgehead atoms. The van der Waals surface area contributed by atoms with Crippen LogP contribution in [0.1, 0.15) is 19.4 Å². The maximum absolute atomic E-state index is 13.0. The summed E-state index contributed by atoms with van der Waals surface area (Å²) in [7, 11) is 0. The minimum absolute atomic E-state index is 0.190. The van der Waals surface area contributed by atoms with Gasteiger partial charge in [-0.05, 0) is 26.0 Å². The fourth-order valence-corrected chi connectivity index (χ4v) is 2.51. The van der Waals surface area contributed by atoms with Crippen LogP contribution in [0.4, 0.5) is 18.9 Å². The van der Waals surface area contributed by atoms with Crippen LogP contribution < -0.4 is 10.2 Å². The molecule has 5 heteroatoms. The summed E-state index contributed by atoms with van der Waals surface area (Å²) in [6.07, 6.45) is -4.30. The predicted molar refractivity (Wildman–Crippen MR) is 65.7 cm³/mol. The number of hydrogen-bond donors (Lipinski definition) is 1. The normalized spacial score (nSPS) is 25.3. The summed E-state index contributed by atoms with van der Waals surface area (Å²) < 4.78 is 38.9. The molecule has 0 radical (unpaired) electrons. The van der Waals surface area contributed by atoms with Crippen LogP contribution in [0.2, 0.25) is 0 Å². The summed E-state index contributed by atoms with van der Waals surface area (Å²) >= 11 is 0. The van der Waals surface area contributed by atoms with Crippen LogP contribution in [-0.2, 0) is 6.18 Å². The van der Waals surface area contributed by atoms with Gasteiger partial charge >= 0.3 is 6.18 Å². The molecule has 1 aromatic rings. The van der Waals surface area contributed by atoms with Gasteiger partial charge in [-0.2, -0.15) is 13.2 Å². The number of anilines is 1. The molecular weight excluding hydrogens is 241 g/mol. The van der Waals surface area contributed by atoms with Gasteiger partial charge in [0.1, 0.15) is 0 Å². The zero-order valence-corrected chi connectivity index (χ0v) is 10.5. The number of nitrogens with zero attached hydrogens (tertiary/aromatic N) is 1. The van der Waals surface area contributed by atoms with Gasteiger partial charge in [-0.3, -0.25) is 0 Å². The van der Waals surface area contributed by atoms with E-state index in [9.17, 15) is 13.2 Å². The van der Waals surface area contributed by atoms with Crippen molar-refractivity contribution >= 4 is 5.69 Å². The van der Waals surface area contributed by atoms with Gasteiger partial charge < -0.3 is 10.2 Å². The van der Waals surface area contributed by atoms with Gasteiger partial charge in [-0.1, -0.05) is 12.1 Å². The highest BCUT2D eigenvalue weighted by molar-refractivity contribution is 5.55. The molecule has 0 aromatic heterocycles. The third-order valence-electron chi connectivity index (χ3n) is 3.11. The molecule has 2 atom stereocenters. The van der Waals surface area contributed by atoms with Gasteiger partial charge in [0, 0.05) is 30.9 Å². The van der Waals surface area contributed by atoms with Crippen molar-refractivity contribution < 1.29 is 13.2 Å². The van der Waals surface area contributed by atoms with Crippen LogP contribution in [0.25, 0.3) is 0 Å². The Bertz CT molecular complexity index is 407. The lowest BCUT2D eigenvalue weighted by molar-refractivity contribution is -0.137. The standard InChI is InChI=1S/C13H17F3N2/c1-9-7-18(8-10(2)17-9)12-6-4-3-5-11(12)13(14,15)16/h3-6,9-10,17H,7-8H2,1-2H3/t9-,10-/m1/s1. The number of rotatable bonds is 1. The summed E-state index contributed by atoms with van der Waals surface area (Å²) in [6.45, 7) is 5.16. The Morgan fingerprint density at radius 2 is 1.67 bits per heavy atom. The quantitative estimate of drug-likeness (QED) is 0.833. The van der Waals surface area contributed by atoms with Crippen LogP contribution in [0.3, 0.4) is 0 Å². The molecule has 1 aromatic carbocycles. The maximum Gasteiger partial charge on any atom is 0.418 e. The largest absolute Gasteiger partial charge is 0.418 e. The van der Waals surface area contributed by atoms with Crippen molar-refractivity contribution in [2.45, 2.75) is 32.1 Å². The number of hydrogen-bond acceptors (Lipinski definition) is 2. The second kappa shape index (κ2) is 4.80. The van der Waals surface area contributed by atoms with Crippen molar-refractivity contribution in [3.8, 4) is 0 Å². The zero-order chi connectivity index (χ0) is 13.3. The number of halogens is 3. The van der Waals surface area contributed by atoms with Gasteiger partial charge in [-0.15, -0.1) is 0 Å². The molecule has 1 aliphatic heterocycles. The summed E-state index contributed by atoms with van der Waals surface area (Å²) in [4.78, 5) is 1.81. The topological polar surface area (TPSA) is 15.3 Å². The average molecular weight is 258 g/mol. The molecule has 18 heavy (non-hydrogen) atoms.